The minimum atomic E-state index is 0.669. The summed E-state index contributed by atoms with van der Waals surface area (Å²) in [5, 5.41) is 1.11. The topological polar surface area (TPSA) is 51.4 Å². The van der Waals surface area contributed by atoms with Crippen LogP contribution in [-0.4, -0.2) is 35.3 Å². The summed E-state index contributed by atoms with van der Waals surface area (Å²) in [6, 6.07) is 16.4. The molecule has 2 aromatic carbocycles. The van der Waals surface area contributed by atoms with Crippen molar-refractivity contribution < 1.29 is 9.15 Å². The van der Waals surface area contributed by atoms with Crippen molar-refractivity contribution in [3.8, 4) is 17.2 Å². The molecule has 0 atom stereocenters. The molecular formula is C24H25N3O2S. The number of hydrogen-bond acceptors (Lipinski definition) is 6. The van der Waals surface area contributed by atoms with Gasteiger partial charge in [-0.2, -0.15) is 0 Å². The summed E-state index contributed by atoms with van der Waals surface area (Å²) in [4.78, 5) is 12.7. The van der Waals surface area contributed by atoms with E-state index in [0.717, 1.165) is 40.2 Å². The highest BCUT2D eigenvalue weighted by Crippen LogP contribution is 2.28. The van der Waals surface area contributed by atoms with E-state index in [4.69, 9.17) is 14.1 Å². The first-order valence-electron chi connectivity index (χ1n) is 9.79. The largest absolute Gasteiger partial charge is 0.494 e. The first-order valence-corrected chi connectivity index (χ1v) is 11.0. The maximum absolute atomic E-state index is 5.95. The van der Waals surface area contributed by atoms with Gasteiger partial charge < -0.3 is 9.15 Å². The standard InChI is InChI=1S/C24H25N3O2S/c1-16-21(26-24(29-16)17-7-10-19(30-4)11-8-17)15-27(2)14-18-9-12-22(28-3)23-20(18)6-5-13-25-23/h5-13H,14-15H2,1-4H3. The van der Waals surface area contributed by atoms with E-state index in [9.17, 15) is 0 Å². The number of pyridine rings is 1. The van der Waals surface area contributed by atoms with Crippen molar-refractivity contribution in [3.63, 3.8) is 0 Å². The molecule has 0 aliphatic carbocycles. The second-order valence-corrected chi connectivity index (χ2v) is 8.13. The van der Waals surface area contributed by atoms with Crippen LogP contribution >= 0.6 is 11.8 Å². The second-order valence-electron chi connectivity index (χ2n) is 7.25. The average Bonchev–Trinajstić information content (AvgIpc) is 3.14. The van der Waals surface area contributed by atoms with Gasteiger partial charge in [-0.05, 0) is 62.2 Å². The molecule has 0 aliphatic heterocycles. The molecule has 0 amide bonds. The Morgan fingerprint density at radius 1 is 1.07 bits per heavy atom. The van der Waals surface area contributed by atoms with E-state index in [-0.39, 0.29) is 0 Å². The van der Waals surface area contributed by atoms with E-state index < -0.39 is 0 Å². The summed E-state index contributed by atoms with van der Waals surface area (Å²) < 4.78 is 11.4. The molecule has 0 spiro atoms. The third kappa shape index (κ3) is 4.20. The van der Waals surface area contributed by atoms with Crippen LogP contribution in [0.15, 0.2) is 64.0 Å². The summed E-state index contributed by atoms with van der Waals surface area (Å²) in [5.74, 6) is 2.32. The Bertz CT molecular complexity index is 1160. The zero-order chi connectivity index (χ0) is 21.1. The van der Waals surface area contributed by atoms with Crippen molar-refractivity contribution >= 4 is 22.7 Å². The number of aromatic nitrogens is 2. The van der Waals surface area contributed by atoms with Crippen LogP contribution < -0.4 is 4.74 Å². The molecule has 0 aliphatic rings. The maximum atomic E-state index is 5.95. The van der Waals surface area contributed by atoms with E-state index in [1.165, 1.54) is 10.5 Å². The van der Waals surface area contributed by atoms with Gasteiger partial charge >= 0.3 is 0 Å². The van der Waals surface area contributed by atoms with Gasteiger partial charge in [0.25, 0.3) is 0 Å². The fourth-order valence-corrected chi connectivity index (χ4v) is 3.95. The third-order valence-corrected chi connectivity index (χ3v) is 5.88. The van der Waals surface area contributed by atoms with Gasteiger partial charge in [-0.1, -0.05) is 12.1 Å². The molecular weight excluding hydrogens is 394 g/mol. The first-order chi connectivity index (χ1) is 14.6. The van der Waals surface area contributed by atoms with Gasteiger partial charge in [-0.15, -0.1) is 11.8 Å². The van der Waals surface area contributed by atoms with Crippen LogP contribution in [0.1, 0.15) is 17.0 Å². The van der Waals surface area contributed by atoms with Crippen LogP contribution in [-0.2, 0) is 13.1 Å². The molecule has 6 heteroatoms. The predicted octanol–water partition coefficient (Wildman–Crippen LogP) is 5.56. The molecule has 0 fully saturated rings. The van der Waals surface area contributed by atoms with Crippen molar-refractivity contribution in [2.75, 3.05) is 20.4 Å². The Morgan fingerprint density at radius 3 is 2.60 bits per heavy atom. The molecule has 0 bridgehead atoms. The molecule has 4 aromatic rings. The molecule has 30 heavy (non-hydrogen) atoms. The summed E-state index contributed by atoms with van der Waals surface area (Å²) in [6.45, 7) is 3.45. The van der Waals surface area contributed by atoms with Crippen LogP contribution in [0, 0.1) is 6.92 Å². The normalized spacial score (nSPS) is 11.4. The maximum Gasteiger partial charge on any atom is 0.226 e. The second kappa shape index (κ2) is 8.90. The van der Waals surface area contributed by atoms with E-state index in [2.05, 4.69) is 59.6 Å². The molecule has 0 N–H and O–H groups in total. The molecule has 4 rings (SSSR count). The van der Waals surface area contributed by atoms with Gasteiger partial charge in [0.05, 0.1) is 12.8 Å². The van der Waals surface area contributed by atoms with E-state index in [1.54, 1.807) is 25.1 Å². The lowest BCUT2D eigenvalue weighted by Gasteiger charge is -2.17. The fourth-order valence-electron chi connectivity index (χ4n) is 3.54. The number of thioether (sulfide) groups is 1. The van der Waals surface area contributed by atoms with Crippen LogP contribution in [0.5, 0.6) is 5.75 Å². The highest BCUT2D eigenvalue weighted by Gasteiger charge is 2.15. The lowest BCUT2D eigenvalue weighted by molar-refractivity contribution is 0.314. The first kappa shape index (κ1) is 20.4. The summed E-state index contributed by atoms with van der Waals surface area (Å²) in [6.07, 6.45) is 3.87. The molecule has 2 aromatic heterocycles. The highest BCUT2D eigenvalue weighted by molar-refractivity contribution is 7.98. The molecule has 0 unspecified atom stereocenters. The summed E-state index contributed by atoms with van der Waals surface area (Å²) in [5.41, 5.74) is 4.05. The monoisotopic (exact) mass is 419 g/mol. The SMILES string of the molecule is COc1ccc(CN(C)Cc2nc(-c3ccc(SC)cc3)oc2C)c2cccnc12. The van der Waals surface area contributed by atoms with Gasteiger partial charge in [-0.3, -0.25) is 9.88 Å². The number of aryl methyl sites for hydroxylation is 1. The number of hydrogen-bond donors (Lipinski definition) is 0. The Morgan fingerprint density at radius 2 is 1.87 bits per heavy atom. The van der Waals surface area contributed by atoms with Crippen LogP contribution in [0.4, 0.5) is 0 Å². The van der Waals surface area contributed by atoms with Gasteiger partial charge in [-0.25, -0.2) is 4.98 Å². The Kier molecular flexibility index (Phi) is 6.06. The van der Waals surface area contributed by atoms with E-state index in [1.807, 2.05) is 19.1 Å². The molecule has 154 valence electrons. The number of fused-ring (bicyclic) bond motifs is 1. The highest BCUT2D eigenvalue weighted by atomic mass is 32.2. The zero-order valence-electron chi connectivity index (χ0n) is 17.7. The number of benzene rings is 2. The Hall–Kier alpha value is -2.83. The number of methoxy groups -OCH3 is 1. The minimum absolute atomic E-state index is 0.669. The van der Waals surface area contributed by atoms with Crippen molar-refractivity contribution in [1.82, 2.24) is 14.9 Å². The quantitative estimate of drug-likeness (QED) is 0.366. The number of nitrogens with zero attached hydrogens (tertiary/aromatic N) is 3. The minimum Gasteiger partial charge on any atom is -0.494 e. The number of oxazole rings is 1. The summed E-state index contributed by atoms with van der Waals surface area (Å²) >= 11 is 1.72. The molecule has 5 nitrogen and oxygen atoms in total. The Balaban J connectivity index is 1.53. The molecule has 2 heterocycles. The van der Waals surface area contributed by atoms with Crippen LogP contribution in [0.25, 0.3) is 22.4 Å². The summed E-state index contributed by atoms with van der Waals surface area (Å²) in [7, 11) is 3.77. The van der Waals surface area contributed by atoms with E-state index in [0.29, 0.717) is 12.4 Å². The number of ether oxygens (including phenoxy) is 1. The van der Waals surface area contributed by atoms with Gasteiger partial charge in [0.1, 0.15) is 17.0 Å². The molecule has 0 radical (unpaired) electrons. The van der Waals surface area contributed by atoms with Gasteiger partial charge in [0.15, 0.2) is 0 Å². The van der Waals surface area contributed by atoms with Crippen molar-refractivity contribution in [2.24, 2.45) is 0 Å². The van der Waals surface area contributed by atoms with Crippen LogP contribution in [0.3, 0.4) is 0 Å². The van der Waals surface area contributed by atoms with E-state index >= 15 is 0 Å². The molecule has 0 saturated carbocycles. The predicted molar refractivity (Wildman–Crippen MR) is 122 cm³/mol. The van der Waals surface area contributed by atoms with Crippen molar-refractivity contribution in [3.05, 3.63) is 71.7 Å². The fraction of sp³-hybridized carbons (Fsp3) is 0.250. The smallest absolute Gasteiger partial charge is 0.226 e. The van der Waals surface area contributed by atoms with Gasteiger partial charge in [0, 0.05) is 35.1 Å². The van der Waals surface area contributed by atoms with Crippen molar-refractivity contribution in [1.29, 1.82) is 0 Å². The number of rotatable bonds is 7. The molecule has 0 saturated heterocycles. The lowest BCUT2D eigenvalue weighted by atomic mass is 10.1. The Labute approximate surface area is 181 Å². The zero-order valence-corrected chi connectivity index (χ0v) is 18.5. The third-order valence-electron chi connectivity index (χ3n) is 5.13. The van der Waals surface area contributed by atoms with Crippen molar-refractivity contribution in [2.45, 2.75) is 24.9 Å². The van der Waals surface area contributed by atoms with Crippen LogP contribution in [0.2, 0.25) is 0 Å². The van der Waals surface area contributed by atoms with Gasteiger partial charge in [0.2, 0.25) is 5.89 Å². The lowest BCUT2D eigenvalue weighted by Crippen LogP contribution is -2.18. The average molecular weight is 420 g/mol.